The van der Waals surface area contributed by atoms with Crippen molar-refractivity contribution in [3.05, 3.63) is 55.6 Å². The maximum absolute atomic E-state index is 12.4. The molecule has 130 valence electrons. The van der Waals surface area contributed by atoms with Crippen LogP contribution in [0.4, 0.5) is 0 Å². The van der Waals surface area contributed by atoms with Crippen molar-refractivity contribution in [2.75, 3.05) is 0 Å². The van der Waals surface area contributed by atoms with Crippen LogP contribution in [0.2, 0.25) is 4.34 Å². The van der Waals surface area contributed by atoms with Gasteiger partial charge in [-0.05, 0) is 29.8 Å². The Bertz CT molecular complexity index is 855. The van der Waals surface area contributed by atoms with Crippen molar-refractivity contribution in [3.63, 3.8) is 0 Å². The number of rotatable bonds is 5. The van der Waals surface area contributed by atoms with E-state index in [4.69, 9.17) is 22.2 Å². The lowest BCUT2D eigenvalue weighted by atomic mass is 10.1. The first kappa shape index (κ1) is 17.9. The highest BCUT2D eigenvalue weighted by Crippen LogP contribution is 2.27. The molecule has 2 unspecified atom stereocenters. The summed E-state index contributed by atoms with van der Waals surface area (Å²) in [5.74, 6) is -1.11. The minimum atomic E-state index is -0.950. The van der Waals surface area contributed by atoms with Crippen molar-refractivity contribution < 1.29 is 14.4 Å². The molecule has 0 spiro atoms. The van der Waals surface area contributed by atoms with E-state index in [1.807, 2.05) is 12.1 Å². The summed E-state index contributed by atoms with van der Waals surface area (Å²) >= 11 is 10.6. The van der Waals surface area contributed by atoms with E-state index in [2.05, 4.69) is 26.4 Å². The lowest BCUT2D eigenvalue weighted by Crippen LogP contribution is -2.42. The molecule has 3 N–H and O–H groups in total. The summed E-state index contributed by atoms with van der Waals surface area (Å²) in [4.78, 5) is 30.3. The molecule has 2 atom stereocenters. The van der Waals surface area contributed by atoms with Gasteiger partial charge in [0.05, 0.1) is 9.21 Å². The minimum absolute atomic E-state index is 0.298. The molecule has 1 aliphatic heterocycles. The van der Waals surface area contributed by atoms with E-state index in [0.717, 1.165) is 9.35 Å². The molecule has 1 aromatic carbocycles. The molecule has 1 aliphatic rings. The number of hydrogen-bond acceptors (Lipinski definition) is 5. The molecule has 2 heterocycles. The van der Waals surface area contributed by atoms with Crippen LogP contribution < -0.4 is 11.1 Å². The second kappa shape index (κ2) is 7.55. The fraction of sp³-hybridized carbons (Fsp3) is 0.188. The molecule has 0 saturated carbocycles. The van der Waals surface area contributed by atoms with E-state index in [-0.39, 0.29) is 0 Å². The van der Waals surface area contributed by atoms with Crippen molar-refractivity contribution in [1.82, 2.24) is 5.32 Å². The fourth-order valence-corrected chi connectivity index (χ4v) is 3.82. The van der Waals surface area contributed by atoms with Crippen molar-refractivity contribution >= 4 is 56.4 Å². The highest BCUT2D eigenvalue weighted by molar-refractivity contribution is 9.10. The number of carbonyl (C=O) groups is 2. The van der Waals surface area contributed by atoms with Gasteiger partial charge in [-0.2, -0.15) is 0 Å². The highest BCUT2D eigenvalue weighted by atomic mass is 79.9. The third-order valence-electron chi connectivity index (χ3n) is 3.57. The van der Waals surface area contributed by atoms with Crippen molar-refractivity contribution in [2.45, 2.75) is 18.6 Å². The maximum atomic E-state index is 12.4. The Hall–Kier alpha value is -1.90. The van der Waals surface area contributed by atoms with Crippen molar-refractivity contribution in [3.8, 4) is 0 Å². The minimum Gasteiger partial charge on any atom is -0.382 e. The average molecular weight is 443 g/mol. The third kappa shape index (κ3) is 4.20. The summed E-state index contributed by atoms with van der Waals surface area (Å²) in [7, 11) is 0. The summed E-state index contributed by atoms with van der Waals surface area (Å²) in [6.07, 6.45) is -0.517. The van der Waals surface area contributed by atoms with Gasteiger partial charge < -0.3 is 15.9 Å². The summed E-state index contributed by atoms with van der Waals surface area (Å²) < 4.78 is 1.41. The van der Waals surface area contributed by atoms with Crippen LogP contribution in [0.1, 0.15) is 22.9 Å². The van der Waals surface area contributed by atoms with E-state index in [1.54, 1.807) is 24.3 Å². The van der Waals surface area contributed by atoms with Crippen LogP contribution in [0.15, 0.2) is 46.0 Å². The number of amides is 2. The molecule has 6 nitrogen and oxygen atoms in total. The lowest BCUT2D eigenvalue weighted by molar-refractivity contribution is -0.134. The summed E-state index contributed by atoms with van der Waals surface area (Å²) in [6, 6.07) is 9.64. The number of primary amides is 1. The first-order chi connectivity index (χ1) is 11.9. The number of oxime groups is 1. The van der Waals surface area contributed by atoms with Gasteiger partial charge in [-0.15, -0.1) is 11.3 Å². The second-order valence-electron chi connectivity index (χ2n) is 5.34. The second-order valence-corrected chi connectivity index (χ2v) is 7.97. The van der Waals surface area contributed by atoms with Gasteiger partial charge in [0.15, 0.2) is 0 Å². The molecule has 0 radical (unpaired) electrons. The molecule has 2 aromatic rings. The van der Waals surface area contributed by atoms with Gasteiger partial charge in [-0.25, -0.2) is 0 Å². The van der Waals surface area contributed by atoms with Gasteiger partial charge in [0, 0.05) is 10.9 Å². The molecule has 3 rings (SSSR count). The Morgan fingerprint density at radius 1 is 1.40 bits per heavy atom. The van der Waals surface area contributed by atoms with Gasteiger partial charge in [0.1, 0.15) is 11.8 Å². The number of nitrogens with zero attached hydrogens (tertiary/aromatic N) is 1. The molecule has 0 saturated heterocycles. The molecule has 9 heteroatoms. The number of nitrogens with one attached hydrogen (secondary N) is 1. The molecule has 25 heavy (non-hydrogen) atoms. The van der Waals surface area contributed by atoms with Gasteiger partial charge in [-0.3, -0.25) is 9.59 Å². The summed E-state index contributed by atoms with van der Waals surface area (Å²) in [5, 5.41) is 6.57. The van der Waals surface area contributed by atoms with Gasteiger partial charge >= 0.3 is 0 Å². The lowest BCUT2D eigenvalue weighted by Gasteiger charge is -2.18. The normalized spacial score (nSPS) is 17.5. The van der Waals surface area contributed by atoms with E-state index in [1.165, 1.54) is 11.3 Å². The van der Waals surface area contributed by atoms with Crippen molar-refractivity contribution in [2.24, 2.45) is 10.9 Å². The molecular weight excluding hydrogens is 430 g/mol. The summed E-state index contributed by atoms with van der Waals surface area (Å²) in [5.41, 5.74) is 6.67. The first-order valence-corrected chi connectivity index (χ1v) is 9.26. The summed E-state index contributed by atoms with van der Waals surface area (Å²) in [6.45, 7) is 0. The highest BCUT2D eigenvalue weighted by Gasteiger charge is 2.32. The van der Waals surface area contributed by atoms with Crippen LogP contribution in [0.5, 0.6) is 0 Å². The van der Waals surface area contributed by atoms with Crippen LogP contribution in [-0.4, -0.2) is 23.6 Å². The van der Waals surface area contributed by atoms with Gasteiger partial charge in [0.25, 0.3) is 5.91 Å². The molecule has 0 bridgehead atoms. The topological polar surface area (TPSA) is 93.8 Å². The van der Waals surface area contributed by atoms with Gasteiger partial charge in [-0.1, -0.05) is 44.8 Å². The Kier molecular flexibility index (Phi) is 5.41. The zero-order valence-electron chi connectivity index (χ0n) is 12.7. The van der Waals surface area contributed by atoms with Crippen LogP contribution in [-0.2, 0) is 14.4 Å². The van der Waals surface area contributed by atoms with Crippen LogP contribution in [0, 0.1) is 0 Å². The number of halogens is 2. The van der Waals surface area contributed by atoms with E-state index < -0.39 is 24.0 Å². The monoisotopic (exact) mass is 441 g/mol. The quantitative estimate of drug-likeness (QED) is 0.745. The number of nitrogens with two attached hydrogens (primary N) is 1. The molecule has 0 fully saturated rings. The maximum Gasteiger partial charge on any atom is 0.265 e. The molecular formula is C16H13BrClN3O3S. The number of carbonyl (C=O) groups excluding carboxylic acids is 2. The van der Waals surface area contributed by atoms with Gasteiger partial charge in [0.2, 0.25) is 12.0 Å². The molecule has 0 aliphatic carbocycles. The third-order valence-corrected chi connectivity index (χ3v) is 5.35. The predicted molar refractivity (Wildman–Crippen MR) is 99.6 cm³/mol. The standard InChI is InChI=1S/C16H13BrClN3O3S/c17-9-3-1-2-8(6-9)14(15(19)22)20-16(23)11-7-10(21-24-11)12-4-5-13(18)25-12/h1-6,11,14H,7H2,(H2,19,22)(H,20,23). The number of benzene rings is 1. The number of thiophene rings is 1. The molecule has 2 amide bonds. The Morgan fingerprint density at radius 2 is 2.20 bits per heavy atom. The van der Waals surface area contributed by atoms with E-state index >= 15 is 0 Å². The van der Waals surface area contributed by atoms with Crippen LogP contribution in [0.3, 0.4) is 0 Å². The SMILES string of the molecule is NC(=O)C(NC(=O)C1CC(c2ccc(Cl)s2)=NO1)c1cccc(Br)c1. The van der Waals surface area contributed by atoms with E-state index in [9.17, 15) is 9.59 Å². The number of hydrogen-bond donors (Lipinski definition) is 2. The fourth-order valence-electron chi connectivity index (χ4n) is 2.37. The van der Waals surface area contributed by atoms with Crippen LogP contribution >= 0.6 is 38.9 Å². The smallest absolute Gasteiger partial charge is 0.265 e. The largest absolute Gasteiger partial charge is 0.382 e. The van der Waals surface area contributed by atoms with E-state index in [0.29, 0.717) is 22.0 Å². The van der Waals surface area contributed by atoms with Crippen LogP contribution in [0.25, 0.3) is 0 Å². The zero-order chi connectivity index (χ0) is 18.0. The predicted octanol–water partition coefficient (Wildman–Crippen LogP) is 3.00. The average Bonchev–Trinajstić information content (AvgIpc) is 3.20. The van der Waals surface area contributed by atoms with Crippen molar-refractivity contribution in [1.29, 1.82) is 0 Å². The molecule has 1 aromatic heterocycles. The first-order valence-electron chi connectivity index (χ1n) is 7.27. The zero-order valence-corrected chi connectivity index (χ0v) is 15.9. The Balaban J connectivity index is 1.68. The Morgan fingerprint density at radius 3 is 2.84 bits per heavy atom. The Labute approximate surface area is 161 Å².